The van der Waals surface area contributed by atoms with E-state index >= 15 is 0 Å². The number of anilines is 1. The zero-order valence-corrected chi connectivity index (χ0v) is 23.0. The molecule has 0 unspecified atom stereocenters. The maximum atomic E-state index is 13.9. The molecule has 1 amide bonds. The van der Waals surface area contributed by atoms with E-state index in [9.17, 15) is 44.7 Å². The van der Waals surface area contributed by atoms with Crippen LogP contribution >= 0.6 is 11.6 Å². The highest BCUT2D eigenvalue weighted by atomic mass is 35.5. The van der Waals surface area contributed by atoms with Gasteiger partial charge in [-0.05, 0) is 50.2 Å². The van der Waals surface area contributed by atoms with Gasteiger partial charge in [-0.2, -0.15) is 31.4 Å². The molecule has 0 aliphatic carbocycles. The van der Waals surface area contributed by atoms with Gasteiger partial charge >= 0.3 is 12.4 Å². The van der Waals surface area contributed by atoms with Crippen molar-refractivity contribution in [1.82, 2.24) is 19.3 Å². The van der Waals surface area contributed by atoms with Gasteiger partial charge < -0.3 is 10.4 Å². The summed E-state index contributed by atoms with van der Waals surface area (Å²) in [5, 5.41) is 15.2. The van der Waals surface area contributed by atoms with Gasteiger partial charge in [-0.1, -0.05) is 23.7 Å². The van der Waals surface area contributed by atoms with E-state index in [1.165, 1.54) is 13.8 Å². The third-order valence-electron chi connectivity index (χ3n) is 5.82. The molecule has 0 bridgehead atoms. The Bertz CT molecular complexity index is 1770. The molecule has 0 aliphatic heterocycles. The fourth-order valence-electron chi connectivity index (χ4n) is 3.71. The van der Waals surface area contributed by atoms with Crippen LogP contribution in [0, 0.1) is 0 Å². The van der Waals surface area contributed by atoms with Crippen molar-refractivity contribution in [3.05, 3.63) is 76.6 Å². The van der Waals surface area contributed by atoms with Crippen molar-refractivity contribution in [2.24, 2.45) is 0 Å². The number of aliphatic hydroxyl groups excluding tert-OH is 1. The number of aromatic nitrogens is 3. The molecule has 3 N–H and O–H groups in total. The van der Waals surface area contributed by atoms with E-state index in [0.717, 1.165) is 36.5 Å². The van der Waals surface area contributed by atoms with E-state index in [1.54, 1.807) is 0 Å². The lowest BCUT2D eigenvalue weighted by Crippen LogP contribution is -2.46. The number of nitrogens with one attached hydrogen (secondary N) is 2. The zero-order valence-electron chi connectivity index (χ0n) is 21.5. The minimum Gasteiger partial charge on any atom is -0.394 e. The smallest absolute Gasteiger partial charge is 0.394 e. The summed E-state index contributed by atoms with van der Waals surface area (Å²) in [4.78, 5) is 16.9. The first kappa shape index (κ1) is 31.2. The number of nitrogens with zero attached hydrogens (tertiary/aromatic N) is 3. The normalized spacial score (nSPS) is 13.0. The Kier molecular flexibility index (Phi) is 8.05. The molecular weight excluding hydrogens is 616 g/mol. The van der Waals surface area contributed by atoms with E-state index in [0.29, 0.717) is 22.7 Å². The van der Waals surface area contributed by atoms with Crippen LogP contribution in [-0.2, 0) is 22.4 Å². The molecule has 4 aromatic rings. The first-order valence-electron chi connectivity index (χ1n) is 11.7. The number of rotatable bonds is 7. The number of carbonyl (C=O) groups is 1. The predicted molar refractivity (Wildman–Crippen MR) is 139 cm³/mol. The van der Waals surface area contributed by atoms with Gasteiger partial charge in [-0.25, -0.2) is 22.6 Å². The third-order valence-corrected chi connectivity index (χ3v) is 7.84. The number of carbonyl (C=O) groups excluding carboxylic acids is 1. The minimum atomic E-state index is -5.00. The molecule has 9 nitrogen and oxygen atoms in total. The van der Waals surface area contributed by atoms with Crippen molar-refractivity contribution in [1.29, 1.82) is 0 Å². The number of alkyl halides is 6. The lowest BCUT2D eigenvalue weighted by Gasteiger charge is -2.23. The van der Waals surface area contributed by atoms with Crippen LogP contribution in [0.4, 0.5) is 32.0 Å². The fourth-order valence-corrected chi connectivity index (χ4v) is 5.31. The zero-order chi connectivity index (χ0) is 31.3. The van der Waals surface area contributed by atoms with Crippen LogP contribution in [0.3, 0.4) is 0 Å². The van der Waals surface area contributed by atoms with E-state index in [2.05, 4.69) is 20.1 Å². The van der Waals surface area contributed by atoms with Crippen molar-refractivity contribution in [3.63, 3.8) is 0 Å². The van der Waals surface area contributed by atoms with E-state index in [1.807, 2.05) is 0 Å². The minimum absolute atomic E-state index is 0.0946. The second-order valence-corrected chi connectivity index (χ2v) is 11.7. The van der Waals surface area contributed by atoms with Gasteiger partial charge in [-0.3, -0.25) is 4.79 Å². The molecule has 2 aromatic carbocycles. The Morgan fingerprint density at radius 1 is 1.00 bits per heavy atom. The molecule has 0 fully saturated rings. The second-order valence-electron chi connectivity index (χ2n) is 9.64. The van der Waals surface area contributed by atoms with Gasteiger partial charge in [0.2, 0.25) is 10.0 Å². The number of sulfonamides is 1. The molecule has 0 aliphatic rings. The van der Waals surface area contributed by atoms with Crippen molar-refractivity contribution in [3.8, 4) is 11.3 Å². The monoisotopic (exact) mass is 635 g/mol. The molecule has 17 heteroatoms. The number of fused-ring (bicyclic) bond motifs is 1. The standard InChI is InChI=1S/C25H20ClF6N5O4S/c1-23(2,12-38)36-42(40,41)15-7-8-17(26)19(9-15)35-22(39)16-11-33-37-20(25(30,31)32)10-18(34-21(16)37)13-3-5-14(6-4-13)24(27,28)29/h3-11,36,38H,12H2,1-2H3,(H,35,39). The Morgan fingerprint density at radius 3 is 2.21 bits per heavy atom. The summed E-state index contributed by atoms with van der Waals surface area (Å²) in [5.74, 6) is -1.06. The summed E-state index contributed by atoms with van der Waals surface area (Å²) in [5.41, 5.74) is -5.37. The van der Waals surface area contributed by atoms with Crippen LogP contribution < -0.4 is 10.0 Å². The number of aliphatic hydroxyl groups is 1. The number of hydrogen-bond acceptors (Lipinski definition) is 6. The highest BCUT2D eigenvalue weighted by Crippen LogP contribution is 2.35. The number of hydrogen-bond donors (Lipinski definition) is 3. The molecular formula is C25H20ClF6N5O4S. The number of amides is 1. The maximum Gasteiger partial charge on any atom is 0.433 e. The van der Waals surface area contributed by atoms with Crippen molar-refractivity contribution >= 4 is 38.9 Å². The summed E-state index contributed by atoms with van der Waals surface area (Å²) in [6.07, 6.45) is -8.88. The molecule has 0 saturated carbocycles. The number of halogens is 7. The molecule has 42 heavy (non-hydrogen) atoms. The molecule has 224 valence electrons. The summed E-state index contributed by atoms with van der Waals surface area (Å²) in [7, 11) is -4.21. The van der Waals surface area contributed by atoms with Gasteiger partial charge in [-0.15, -0.1) is 0 Å². The lowest BCUT2D eigenvalue weighted by atomic mass is 10.1. The SMILES string of the molecule is CC(C)(CO)NS(=O)(=O)c1ccc(Cl)c(NC(=O)c2cnn3c(C(F)(F)F)cc(-c4ccc(C(F)(F)F)cc4)nc23)c1. The highest BCUT2D eigenvalue weighted by molar-refractivity contribution is 7.89. The van der Waals surface area contributed by atoms with Crippen molar-refractivity contribution in [2.45, 2.75) is 36.6 Å². The van der Waals surface area contributed by atoms with Gasteiger partial charge in [0, 0.05) is 5.56 Å². The maximum absolute atomic E-state index is 13.9. The topological polar surface area (TPSA) is 126 Å². The summed E-state index contributed by atoms with van der Waals surface area (Å²) < 4.78 is 109. The van der Waals surface area contributed by atoms with E-state index < -0.39 is 62.9 Å². The van der Waals surface area contributed by atoms with Crippen LogP contribution in [0.5, 0.6) is 0 Å². The summed E-state index contributed by atoms with van der Waals surface area (Å²) in [6.45, 7) is 2.32. The van der Waals surface area contributed by atoms with Gasteiger partial charge in [0.15, 0.2) is 11.3 Å². The van der Waals surface area contributed by atoms with E-state index in [-0.39, 0.29) is 26.9 Å². The molecule has 0 spiro atoms. The second kappa shape index (κ2) is 10.8. The molecule has 0 atom stereocenters. The average molecular weight is 636 g/mol. The Morgan fingerprint density at radius 2 is 1.64 bits per heavy atom. The number of benzene rings is 2. The first-order valence-corrected chi connectivity index (χ1v) is 13.6. The Hall–Kier alpha value is -3.73. The van der Waals surface area contributed by atoms with Crippen LogP contribution in [0.1, 0.15) is 35.5 Å². The van der Waals surface area contributed by atoms with Crippen molar-refractivity contribution < 1.29 is 44.7 Å². The molecule has 2 heterocycles. The Balaban J connectivity index is 1.76. The quantitative estimate of drug-likeness (QED) is 0.234. The van der Waals surface area contributed by atoms with Crippen LogP contribution in [0.2, 0.25) is 5.02 Å². The third kappa shape index (κ3) is 6.51. The Labute approximate surface area is 239 Å². The van der Waals surface area contributed by atoms with Gasteiger partial charge in [0.05, 0.1) is 45.2 Å². The molecule has 2 aromatic heterocycles. The molecule has 0 saturated heterocycles. The van der Waals surface area contributed by atoms with Crippen LogP contribution in [-0.4, -0.2) is 46.2 Å². The summed E-state index contributed by atoms with van der Waals surface area (Å²) in [6, 6.07) is 7.12. The van der Waals surface area contributed by atoms with E-state index in [4.69, 9.17) is 11.6 Å². The predicted octanol–water partition coefficient (Wildman–Crippen LogP) is 5.39. The average Bonchev–Trinajstić information content (AvgIpc) is 3.32. The highest BCUT2D eigenvalue weighted by Gasteiger charge is 2.36. The van der Waals surface area contributed by atoms with Crippen LogP contribution in [0.15, 0.2) is 59.6 Å². The molecule has 0 radical (unpaired) electrons. The van der Waals surface area contributed by atoms with Gasteiger partial charge in [0.25, 0.3) is 5.91 Å². The fraction of sp³-hybridized carbons (Fsp3) is 0.240. The van der Waals surface area contributed by atoms with Crippen molar-refractivity contribution in [2.75, 3.05) is 11.9 Å². The lowest BCUT2D eigenvalue weighted by molar-refractivity contribution is -0.142. The summed E-state index contributed by atoms with van der Waals surface area (Å²) >= 11 is 6.13. The molecule has 4 rings (SSSR count). The van der Waals surface area contributed by atoms with Crippen LogP contribution in [0.25, 0.3) is 16.9 Å². The van der Waals surface area contributed by atoms with Gasteiger partial charge in [0.1, 0.15) is 5.56 Å². The largest absolute Gasteiger partial charge is 0.433 e. The first-order chi connectivity index (χ1) is 19.3.